The summed E-state index contributed by atoms with van der Waals surface area (Å²) < 4.78 is 1.03. The van der Waals surface area contributed by atoms with Crippen molar-refractivity contribution in [2.75, 3.05) is 0 Å². The Hall–Kier alpha value is -0.440. The van der Waals surface area contributed by atoms with E-state index in [9.17, 15) is 0 Å². The van der Waals surface area contributed by atoms with E-state index in [-0.39, 0.29) is 5.41 Å². The van der Waals surface area contributed by atoms with Crippen molar-refractivity contribution in [2.24, 2.45) is 0 Å². The molecular formula is C9H13BrN2. The van der Waals surface area contributed by atoms with Crippen LogP contribution in [0.3, 0.4) is 0 Å². The SMILES string of the molecule is Cc1c(Br)cnnc1C(C)(C)C. The minimum absolute atomic E-state index is 0.0703. The van der Waals surface area contributed by atoms with Gasteiger partial charge in [0.1, 0.15) is 0 Å². The molecule has 0 aromatic carbocycles. The van der Waals surface area contributed by atoms with E-state index in [4.69, 9.17) is 0 Å². The number of hydrogen-bond donors (Lipinski definition) is 0. The molecule has 0 bridgehead atoms. The first-order valence-corrected chi connectivity index (χ1v) is 4.70. The molecule has 0 N–H and O–H groups in total. The Morgan fingerprint density at radius 3 is 2.33 bits per heavy atom. The lowest BCUT2D eigenvalue weighted by Crippen LogP contribution is -2.16. The molecule has 1 rings (SSSR count). The molecule has 0 saturated heterocycles. The quantitative estimate of drug-likeness (QED) is 0.683. The van der Waals surface area contributed by atoms with Gasteiger partial charge in [-0.05, 0) is 28.4 Å². The van der Waals surface area contributed by atoms with Crippen molar-refractivity contribution >= 4 is 15.9 Å². The van der Waals surface area contributed by atoms with Crippen molar-refractivity contribution in [3.8, 4) is 0 Å². The average molecular weight is 229 g/mol. The summed E-state index contributed by atoms with van der Waals surface area (Å²) in [6.45, 7) is 8.46. The average Bonchev–Trinajstić information content (AvgIpc) is 1.92. The summed E-state index contributed by atoms with van der Waals surface area (Å²) in [5.41, 5.74) is 2.30. The molecule has 0 saturated carbocycles. The van der Waals surface area contributed by atoms with Crippen LogP contribution in [-0.4, -0.2) is 10.2 Å². The molecule has 0 spiro atoms. The topological polar surface area (TPSA) is 25.8 Å². The second kappa shape index (κ2) is 3.13. The maximum atomic E-state index is 4.13. The van der Waals surface area contributed by atoms with E-state index in [1.165, 1.54) is 5.56 Å². The Kier molecular flexibility index (Phi) is 2.52. The smallest absolute Gasteiger partial charge is 0.0724 e. The van der Waals surface area contributed by atoms with Crippen LogP contribution in [0.15, 0.2) is 10.7 Å². The van der Waals surface area contributed by atoms with Gasteiger partial charge in [0, 0.05) is 9.89 Å². The lowest BCUT2D eigenvalue weighted by Gasteiger charge is -2.19. The Balaban J connectivity index is 3.26. The highest BCUT2D eigenvalue weighted by Gasteiger charge is 2.19. The fraction of sp³-hybridized carbons (Fsp3) is 0.556. The first-order valence-electron chi connectivity index (χ1n) is 3.91. The van der Waals surface area contributed by atoms with E-state index in [0.717, 1.165) is 10.2 Å². The summed E-state index contributed by atoms with van der Waals surface area (Å²) in [5.74, 6) is 0. The maximum absolute atomic E-state index is 4.13. The van der Waals surface area contributed by atoms with Crippen LogP contribution in [0.1, 0.15) is 32.0 Å². The van der Waals surface area contributed by atoms with E-state index < -0.39 is 0 Å². The molecule has 12 heavy (non-hydrogen) atoms. The molecule has 0 aliphatic rings. The molecule has 2 nitrogen and oxygen atoms in total. The summed E-state index contributed by atoms with van der Waals surface area (Å²) in [6, 6.07) is 0. The van der Waals surface area contributed by atoms with Crippen LogP contribution in [0.25, 0.3) is 0 Å². The molecule has 0 amide bonds. The van der Waals surface area contributed by atoms with E-state index in [2.05, 4.69) is 53.8 Å². The third-order valence-electron chi connectivity index (χ3n) is 1.75. The highest BCUT2D eigenvalue weighted by Crippen LogP contribution is 2.26. The molecular weight excluding hydrogens is 216 g/mol. The normalized spacial score (nSPS) is 11.8. The molecule has 0 aliphatic carbocycles. The summed E-state index contributed by atoms with van der Waals surface area (Å²) in [4.78, 5) is 0. The predicted molar refractivity (Wildman–Crippen MR) is 53.2 cm³/mol. The third-order valence-corrected chi connectivity index (χ3v) is 2.55. The van der Waals surface area contributed by atoms with Gasteiger partial charge in [-0.15, -0.1) is 0 Å². The molecule has 0 fully saturated rings. The van der Waals surface area contributed by atoms with Gasteiger partial charge in [-0.1, -0.05) is 20.8 Å². The fourth-order valence-corrected chi connectivity index (χ4v) is 1.41. The van der Waals surface area contributed by atoms with Gasteiger partial charge in [0.2, 0.25) is 0 Å². The standard InChI is InChI=1S/C9H13BrN2/c1-6-7(10)5-11-12-8(6)9(2,3)4/h5H,1-4H3. The lowest BCUT2D eigenvalue weighted by molar-refractivity contribution is 0.552. The van der Waals surface area contributed by atoms with Crippen molar-refractivity contribution in [1.29, 1.82) is 0 Å². The molecule has 0 unspecified atom stereocenters. The summed E-state index contributed by atoms with van der Waals surface area (Å²) in [6.07, 6.45) is 1.73. The van der Waals surface area contributed by atoms with Crippen molar-refractivity contribution in [1.82, 2.24) is 10.2 Å². The van der Waals surface area contributed by atoms with Gasteiger partial charge in [0.15, 0.2) is 0 Å². The second-order valence-electron chi connectivity index (χ2n) is 3.92. The first-order chi connectivity index (χ1) is 5.43. The molecule has 1 aromatic rings. The number of halogens is 1. The fourth-order valence-electron chi connectivity index (χ4n) is 1.13. The van der Waals surface area contributed by atoms with Crippen LogP contribution in [0, 0.1) is 6.92 Å². The largest absolute Gasteiger partial charge is 0.158 e. The molecule has 3 heteroatoms. The number of nitrogens with zero attached hydrogens (tertiary/aromatic N) is 2. The second-order valence-corrected chi connectivity index (χ2v) is 4.77. The Labute approximate surface area is 81.5 Å². The Bertz CT molecular complexity index is 289. The van der Waals surface area contributed by atoms with Gasteiger partial charge in [-0.25, -0.2) is 0 Å². The van der Waals surface area contributed by atoms with Gasteiger partial charge in [0.25, 0.3) is 0 Å². The Morgan fingerprint density at radius 1 is 1.33 bits per heavy atom. The monoisotopic (exact) mass is 228 g/mol. The van der Waals surface area contributed by atoms with Crippen molar-refractivity contribution in [3.63, 3.8) is 0 Å². The van der Waals surface area contributed by atoms with Crippen LogP contribution in [0.4, 0.5) is 0 Å². The van der Waals surface area contributed by atoms with Gasteiger partial charge >= 0.3 is 0 Å². The molecule has 0 atom stereocenters. The van der Waals surface area contributed by atoms with E-state index >= 15 is 0 Å². The highest BCUT2D eigenvalue weighted by atomic mass is 79.9. The molecule has 66 valence electrons. The van der Waals surface area contributed by atoms with E-state index in [1.807, 2.05) is 0 Å². The van der Waals surface area contributed by atoms with E-state index in [0.29, 0.717) is 0 Å². The van der Waals surface area contributed by atoms with Crippen LogP contribution < -0.4 is 0 Å². The van der Waals surface area contributed by atoms with Crippen LogP contribution in [0.2, 0.25) is 0 Å². The lowest BCUT2D eigenvalue weighted by atomic mass is 9.89. The molecule has 0 radical (unpaired) electrons. The number of rotatable bonds is 0. The zero-order valence-electron chi connectivity index (χ0n) is 7.85. The molecule has 1 heterocycles. The zero-order valence-corrected chi connectivity index (χ0v) is 9.44. The number of hydrogen-bond acceptors (Lipinski definition) is 2. The predicted octanol–water partition coefficient (Wildman–Crippen LogP) is 2.85. The first kappa shape index (κ1) is 9.65. The highest BCUT2D eigenvalue weighted by molar-refractivity contribution is 9.10. The van der Waals surface area contributed by atoms with Crippen LogP contribution in [-0.2, 0) is 5.41 Å². The van der Waals surface area contributed by atoms with Gasteiger partial charge in [-0.2, -0.15) is 10.2 Å². The van der Waals surface area contributed by atoms with Gasteiger partial charge in [-0.3, -0.25) is 0 Å². The van der Waals surface area contributed by atoms with Crippen molar-refractivity contribution in [3.05, 3.63) is 21.9 Å². The van der Waals surface area contributed by atoms with Crippen LogP contribution >= 0.6 is 15.9 Å². The van der Waals surface area contributed by atoms with Gasteiger partial charge in [0.05, 0.1) is 11.9 Å². The summed E-state index contributed by atoms with van der Waals surface area (Å²) in [5, 5.41) is 8.04. The minimum atomic E-state index is 0.0703. The minimum Gasteiger partial charge on any atom is -0.158 e. The van der Waals surface area contributed by atoms with Gasteiger partial charge < -0.3 is 0 Å². The van der Waals surface area contributed by atoms with Crippen molar-refractivity contribution in [2.45, 2.75) is 33.1 Å². The summed E-state index contributed by atoms with van der Waals surface area (Å²) in [7, 11) is 0. The molecule has 0 aliphatic heterocycles. The third kappa shape index (κ3) is 1.83. The molecule has 1 aromatic heterocycles. The van der Waals surface area contributed by atoms with E-state index in [1.54, 1.807) is 6.20 Å². The Morgan fingerprint density at radius 2 is 1.92 bits per heavy atom. The van der Waals surface area contributed by atoms with Crippen LogP contribution in [0.5, 0.6) is 0 Å². The maximum Gasteiger partial charge on any atom is 0.0724 e. The summed E-state index contributed by atoms with van der Waals surface area (Å²) >= 11 is 3.44. The van der Waals surface area contributed by atoms with Crippen molar-refractivity contribution < 1.29 is 0 Å². The zero-order chi connectivity index (χ0) is 9.35. The number of aromatic nitrogens is 2.